The molecule has 0 N–H and O–H groups in total. The minimum absolute atomic E-state index is 0.108. The molecule has 5 heteroatoms. The number of benzene rings is 1. The quantitative estimate of drug-likeness (QED) is 0.829. The Balaban J connectivity index is 1.40. The molecule has 2 saturated heterocycles. The lowest BCUT2D eigenvalue weighted by molar-refractivity contribution is -0.138. The van der Waals surface area contributed by atoms with E-state index in [9.17, 15) is 9.59 Å². The van der Waals surface area contributed by atoms with Crippen LogP contribution in [-0.2, 0) is 11.3 Å². The van der Waals surface area contributed by atoms with Crippen LogP contribution in [-0.4, -0.2) is 41.2 Å². The molecule has 0 unspecified atom stereocenters. The lowest BCUT2D eigenvalue weighted by atomic mass is 9.77. The number of aryl methyl sites for hydroxylation is 1. The Hall–Kier alpha value is -2.14. The fourth-order valence-electron chi connectivity index (χ4n) is 4.23. The zero-order chi connectivity index (χ0) is 18.1. The highest BCUT2D eigenvalue weighted by Crippen LogP contribution is 2.42. The third-order valence-corrected chi connectivity index (χ3v) is 6.65. The van der Waals surface area contributed by atoms with Gasteiger partial charge in [0.1, 0.15) is 0 Å². The van der Waals surface area contributed by atoms with E-state index in [1.807, 2.05) is 27.3 Å². The zero-order valence-electron chi connectivity index (χ0n) is 15.1. The number of carbonyl (C=O) groups is 2. The molecular weight excluding hydrogens is 344 g/mol. The first-order valence-corrected chi connectivity index (χ1v) is 10.1. The summed E-state index contributed by atoms with van der Waals surface area (Å²) in [5.74, 6) is 0.388. The first-order chi connectivity index (χ1) is 12.6. The molecule has 3 heterocycles. The average Bonchev–Trinajstić information content (AvgIpc) is 3.27. The second-order valence-electron chi connectivity index (χ2n) is 7.52. The van der Waals surface area contributed by atoms with Crippen molar-refractivity contribution in [1.82, 2.24) is 9.80 Å². The van der Waals surface area contributed by atoms with E-state index in [1.54, 1.807) is 0 Å². The third-order valence-electron chi connectivity index (χ3n) is 5.80. The molecule has 2 aliphatic rings. The summed E-state index contributed by atoms with van der Waals surface area (Å²) in [6, 6.07) is 12.2. The molecule has 1 aromatic carbocycles. The van der Waals surface area contributed by atoms with Gasteiger partial charge < -0.3 is 9.80 Å². The summed E-state index contributed by atoms with van der Waals surface area (Å²) in [5, 5.41) is 1.93. The Kier molecular flexibility index (Phi) is 4.57. The standard InChI is InChI=1S/C21H24N2O2S/c1-16-4-2-5-17(14-16)15-23-12-9-21(20(23)25)7-10-22(11-8-21)19(24)18-6-3-13-26-18/h2-6,13-14H,7-12,15H2,1H3. The molecule has 1 aromatic heterocycles. The van der Waals surface area contributed by atoms with Crippen molar-refractivity contribution in [3.8, 4) is 0 Å². The molecule has 0 atom stereocenters. The maximum absolute atomic E-state index is 13.1. The van der Waals surface area contributed by atoms with Gasteiger partial charge in [0, 0.05) is 26.2 Å². The van der Waals surface area contributed by atoms with Crippen LogP contribution in [0.3, 0.4) is 0 Å². The molecule has 0 bridgehead atoms. The first kappa shape index (κ1) is 17.3. The molecule has 4 nitrogen and oxygen atoms in total. The third kappa shape index (κ3) is 3.16. The van der Waals surface area contributed by atoms with Crippen molar-refractivity contribution < 1.29 is 9.59 Å². The number of nitrogens with zero attached hydrogens (tertiary/aromatic N) is 2. The van der Waals surface area contributed by atoms with E-state index in [4.69, 9.17) is 0 Å². The molecule has 2 aliphatic heterocycles. The van der Waals surface area contributed by atoms with Gasteiger partial charge in [0.05, 0.1) is 10.3 Å². The fraction of sp³-hybridized carbons (Fsp3) is 0.429. The number of hydrogen-bond acceptors (Lipinski definition) is 3. The summed E-state index contributed by atoms with van der Waals surface area (Å²) < 4.78 is 0. The lowest BCUT2D eigenvalue weighted by Crippen LogP contribution is -2.46. The van der Waals surface area contributed by atoms with Crippen molar-refractivity contribution in [3.63, 3.8) is 0 Å². The zero-order valence-corrected chi connectivity index (χ0v) is 15.9. The summed E-state index contributed by atoms with van der Waals surface area (Å²) in [7, 11) is 0. The molecule has 1 spiro atoms. The van der Waals surface area contributed by atoms with Crippen LogP contribution in [0.15, 0.2) is 41.8 Å². The van der Waals surface area contributed by atoms with Crippen molar-refractivity contribution in [1.29, 1.82) is 0 Å². The number of likely N-dealkylation sites (tertiary alicyclic amines) is 2. The second-order valence-corrected chi connectivity index (χ2v) is 8.46. The van der Waals surface area contributed by atoms with Crippen molar-refractivity contribution in [3.05, 3.63) is 57.8 Å². The summed E-state index contributed by atoms with van der Waals surface area (Å²) in [6.45, 7) is 4.96. The molecule has 2 amide bonds. The van der Waals surface area contributed by atoms with Gasteiger partial charge >= 0.3 is 0 Å². The van der Waals surface area contributed by atoms with E-state index in [0.717, 1.165) is 30.7 Å². The summed E-state index contributed by atoms with van der Waals surface area (Å²) in [5.41, 5.74) is 2.17. The van der Waals surface area contributed by atoms with Gasteiger partial charge in [-0.15, -0.1) is 11.3 Å². The molecule has 0 radical (unpaired) electrons. The summed E-state index contributed by atoms with van der Waals surface area (Å²) >= 11 is 1.49. The monoisotopic (exact) mass is 368 g/mol. The van der Waals surface area contributed by atoms with Gasteiger partial charge in [-0.2, -0.15) is 0 Å². The SMILES string of the molecule is Cc1cccc(CN2CCC3(CCN(C(=O)c4cccs4)CC3)C2=O)c1. The Morgan fingerprint density at radius 3 is 2.58 bits per heavy atom. The van der Waals surface area contributed by atoms with E-state index in [1.165, 1.54) is 22.5 Å². The molecular formula is C21H24N2O2S. The molecule has 136 valence electrons. The number of thiophene rings is 1. The number of rotatable bonds is 3. The Morgan fingerprint density at radius 1 is 1.12 bits per heavy atom. The van der Waals surface area contributed by atoms with Crippen LogP contribution in [0.4, 0.5) is 0 Å². The van der Waals surface area contributed by atoms with Crippen molar-refractivity contribution in [2.24, 2.45) is 5.41 Å². The molecule has 2 aromatic rings. The second kappa shape index (κ2) is 6.88. The number of hydrogen-bond donors (Lipinski definition) is 0. The lowest BCUT2D eigenvalue weighted by Gasteiger charge is -2.37. The van der Waals surface area contributed by atoms with Gasteiger partial charge in [-0.3, -0.25) is 9.59 Å². The van der Waals surface area contributed by atoms with E-state index in [0.29, 0.717) is 19.6 Å². The van der Waals surface area contributed by atoms with Crippen LogP contribution < -0.4 is 0 Å². The highest BCUT2D eigenvalue weighted by atomic mass is 32.1. The summed E-state index contributed by atoms with van der Waals surface area (Å²) in [4.78, 5) is 30.3. The molecule has 0 saturated carbocycles. The van der Waals surface area contributed by atoms with Gasteiger partial charge in [-0.1, -0.05) is 35.9 Å². The molecule has 26 heavy (non-hydrogen) atoms. The van der Waals surface area contributed by atoms with Gasteiger partial charge in [-0.05, 0) is 43.2 Å². The van der Waals surface area contributed by atoms with E-state index in [-0.39, 0.29) is 17.2 Å². The van der Waals surface area contributed by atoms with Gasteiger partial charge in [0.25, 0.3) is 5.91 Å². The van der Waals surface area contributed by atoms with E-state index < -0.39 is 0 Å². The van der Waals surface area contributed by atoms with E-state index in [2.05, 4.69) is 31.2 Å². The van der Waals surface area contributed by atoms with Crippen LogP contribution >= 0.6 is 11.3 Å². The minimum Gasteiger partial charge on any atom is -0.338 e. The van der Waals surface area contributed by atoms with Gasteiger partial charge in [0.2, 0.25) is 5.91 Å². The van der Waals surface area contributed by atoms with E-state index >= 15 is 0 Å². The minimum atomic E-state index is -0.254. The van der Waals surface area contributed by atoms with Gasteiger partial charge in [0.15, 0.2) is 0 Å². The predicted molar refractivity (Wildman–Crippen MR) is 103 cm³/mol. The smallest absolute Gasteiger partial charge is 0.263 e. The van der Waals surface area contributed by atoms with Crippen LogP contribution in [0.5, 0.6) is 0 Å². The maximum atomic E-state index is 13.1. The number of amides is 2. The van der Waals surface area contributed by atoms with Gasteiger partial charge in [-0.25, -0.2) is 0 Å². The van der Waals surface area contributed by atoms with Crippen LogP contribution in [0.2, 0.25) is 0 Å². The largest absolute Gasteiger partial charge is 0.338 e. The molecule has 4 rings (SSSR count). The van der Waals surface area contributed by atoms with Crippen LogP contribution in [0, 0.1) is 12.3 Å². The molecule has 2 fully saturated rings. The average molecular weight is 369 g/mol. The topological polar surface area (TPSA) is 40.6 Å². The van der Waals surface area contributed by atoms with Crippen molar-refractivity contribution in [2.75, 3.05) is 19.6 Å². The Morgan fingerprint density at radius 2 is 1.88 bits per heavy atom. The Bertz CT molecular complexity index is 807. The number of carbonyl (C=O) groups excluding carboxylic acids is 2. The normalized spacial score (nSPS) is 19.3. The maximum Gasteiger partial charge on any atom is 0.263 e. The fourth-order valence-corrected chi connectivity index (χ4v) is 4.92. The Labute approximate surface area is 158 Å². The van der Waals surface area contributed by atoms with Crippen LogP contribution in [0.1, 0.15) is 40.1 Å². The van der Waals surface area contributed by atoms with Crippen molar-refractivity contribution in [2.45, 2.75) is 32.7 Å². The first-order valence-electron chi connectivity index (χ1n) is 9.25. The van der Waals surface area contributed by atoms with Crippen molar-refractivity contribution >= 4 is 23.2 Å². The number of piperidine rings is 1. The summed E-state index contributed by atoms with van der Waals surface area (Å²) in [6.07, 6.45) is 2.49. The molecule has 0 aliphatic carbocycles. The highest BCUT2D eigenvalue weighted by molar-refractivity contribution is 7.12. The van der Waals surface area contributed by atoms with Crippen LogP contribution in [0.25, 0.3) is 0 Å². The predicted octanol–water partition coefficient (Wildman–Crippen LogP) is 3.71. The highest BCUT2D eigenvalue weighted by Gasteiger charge is 2.48.